The molecule has 1 fully saturated rings. The highest BCUT2D eigenvalue weighted by atomic mass is 32.1. The molecule has 1 aliphatic rings. The van der Waals surface area contributed by atoms with Crippen molar-refractivity contribution < 1.29 is 0 Å². The van der Waals surface area contributed by atoms with Gasteiger partial charge in [0.05, 0.1) is 6.54 Å². The molecule has 4 nitrogen and oxygen atoms in total. The zero-order valence-corrected chi connectivity index (χ0v) is 12.0. The summed E-state index contributed by atoms with van der Waals surface area (Å²) < 4.78 is 0. The summed E-state index contributed by atoms with van der Waals surface area (Å²) >= 11 is 3.36. The second-order valence-electron chi connectivity index (χ2n) is 4.40. The van der Waals surface area contributed by atoms with Gasteiger partial charge >= 0.3 is 0 Å². The first-order valence-electron chi connectivity index (χ1n) is 6.15. The van der Waals surface area contributed by atoms with Crippen LogP contribution in [0.25, 0.3) is 11.4 Å². The number of aromatic nitrogens is 2. The topological polar surface area (TPSA) is 41.1 Å². The highest BCUT2D eigenvalue weighted by Crippen LogP contribution is 2.26. The number of nitrogens with zero attached hydrogens (tertiary/aromatic N) is 3. The van der Waals surface area contributed by atoms with E-state index in [1.807, 2.05) is 7.05 Å². The average molecular weight is 280 g/mol. The van der Waals surface area contributed by atoms with Crippen molar-refractivity contribution in [3.05, 3.63) is 15.8 Å². The molecule has 2 aromatic heterocycles. The summed E-state index contributed by atoms with van der Waals surface area (Å²) in [6.45, 7) is 3.43. The zero-order chi connectivity index (χ0) is 12.4. The van der Waals surface area contributed by atoms with Crippen LogP contribution in [0.1, 0.15) is 17.8 Å². The van der Waals surface area contributed by atoms with Gasteiger partial charge in [0.1, 0.15) is 16.4 Å². The minimum Gasteiger partial charge on any atom is -0.365 e. The molecule has 0 radical (unpaired) electrons. The molecule has 3 rings (SSSR count). The SMILES string of the molecule is CNc1nc(-c2csc(CN3CCCC3)n2)cs1. The predicted molar refractivity (Wildman–Crippen MR) is 77.3 cm³/mol. The summed E-state index contributed by atoms with van der Waals surface area (Å²) in [6.07, 6.45) is 2.66. The van der Waals surface area contributed by atoms with Gasteiger partial charge < -0.3 is 5.32 Å². The van der Waals surface area contributed by atoms with Crippen molar-refractivity contribution in [2.24, 2.45) is 0 Å². The van der Waals surface area contributed by atoms with Crippen LogP contribution >= 0.6 is 22.7 Å². The molecule has 0 atom stereocenters. The quantitative estimate of drug-likeness (QED) is 0.935. The largest absolute Gasteiger partial charge is 0.365 e. The van der Waals surface area contributed by atoms with Gasteiger partial charge in [0.15, 0.2) is 5.13 Å². The van der Waals surface area contributed by atoms with Crippen molar-refractivity contribution in [1.29, 1.82) is 0 Å². The van der Waals surface area contributed by atoms with Gasteiger partial charge in [-0.05, 0) is 25.9 Å². The Balaban J connectivity index is 1.72. The number of hydrogen-bond acceptors (Lipinski definition) is 6. The Bertz CT molecular complexity index is 514. The Morgan fingerprint density at radius 1 is 1.17 bits per heavy atom. The Morgan fingerprint density at radius 2 is 1.89 bits per heavy atom. The highest BCUT2D eigenvalue weighted by Gasteiger charge is 2.14. The third-order valence-corrected chi connectivity index (χ3v) is 4.78. The average Bonchev–Trinajstić information content (AvgIpc) is 3.09. The van der Waals surface area contributed by atoms with Crippen molar-refractivity contribution in [1.82, 2.24) is 14.9 Å². The summed E-state index contributed by atoms with van der Waals surface area (Å²) in [5.74, 6) is 0. The molecule has 18 heavy (non-hydrogen) atoms. The second-order valence-corrected chi connectivity index (χ2v) is 6.20. The Hall–Kier alpha value is -0.980. The number of thiazole rings is 2. The number of likely N-dealkylation sites (tertiary alicyclic amines) is 1. The molecule has 6 heteroatoms. The van der Waals surface area contributed by atoms with E-state index < -0.39 is 0 Å². The van der Waals surface area contributed by atoms with Crippen molar-refractivity contribution in [3.8, 4) is 11.4 Å². The molecule has 0 spiro atoms. The minimum absolute atomic E-state index is 0.944. The lowest BCUT2D eigenvalue weighted by molar-refractivity contribution is 0.331. The van der Waals surface area contributed by atoms with Crippen molar-refractivity contribution in [2.45, 2.75) is 19.4 Å². The van der Waals surface area contributed by atoms with Crippen molar-refractivity contribution in [2.75, 3.05) is 25.5 Å². The highest BCUT2D eigenvalue weighted by molar-refractivity contribution is 7.14. The smallest absolute Gasteiger partial charge is 0.183 e. The molecular weight excluding hydrogens is 264 g/mol. The van der Waals surface area contributed by atoms with Gasteiger partial charge in [0.25, 0.3) is 0 Å². The van der Waals surface area contributed by atoms with Gasteiger partial charge in [0.2, 0.25) is 0 Å². The molecule has 0 saturated carbocycles. The second kappa shape index (κ2) is 5.34. The molecule has 1 aliphatic heterocycles. The Labute approximate surface area is 115 Å². The van der Waals surface area contributed by atoms with E-state index in [1.54, 1.807) is 22.7 Å². The molecule has 2 aromatic rings. The fraction of sp³-hybridized carbons (Fsp3) is 0.500. The van der Waals surface area contributed by atoms with Crippen LogP contribution in [0, 0.1) is 0 Å². The van der Waals surface area contributed by atoms with Crippen LogP contribution in [0.15, 0.2) is 10.8 Å². The monoisotopic (exact) mass is 280 g/mol. The van der Waals surface area contributed by atoms with Gasteiger partial charge in [-0.2, -0.15) is 0 Å². The fourth-order valence-electron chi connectivity index (χ4n) is 2.14. The van der Waals surface area contributed by atoms with Crippen molar-refractivity contribution in [3.63, 3.8) is 0 Å². The molecule has 3 heterocycles. The zero-order valence-electron chi connectivity index (χ0n) is 10.3. The van der Waals surface area contributed by atoms with Crippen LogP contribution < -0.4 is 5.32 Å². The Kier molecular flexibility index (Phi) is 3.58. The van der Waals surface area contributed by atoms with E-state index in [9.17, 15) is 0 Å². The molecule has 0 unspecified atom stereocenters. The minimum atomic E-state index is 0.944. The van der Waals surface area contributed by atoms with E-state index in [4.69, 9.17) is 0 Å². The van der Waals surface area contributed by atoms with Crippen molar-refractivity contribution >= 4 is 27.8 Å². The summed E-state index contributed by atoms with van der Waals surface area (Å²) in [7, 11) is 1.89. The third-order valence-electron chi connectivity index (χ3n) is 3.09. The summed E-state index contributed by atoms with van der Waals surface area (Å²) in [5.41, 5.74) is 1.99. The van der Waals surface area contributed by atoms with Gasteiger partial charge in [-0.1, -0.05) is 0 Å². The van der Waals surface area contributed by atoms with E-state index in [1.165, 1.54) is 30.9 Å². The van der Waals surface area contributed by atoms with Gasteiger partial charge in [-0.25, -0.2) is 9.97 Å². The lowest BCUT2D eigenvalue weighted by Gasteiger charge is -2.11. The van der Waals surface area contributed by atoms with E-state index in [-0.39, 0.29) is 0 Å². The molecule has 96 valence electrons. The number of rotatable bonds is 4. The molecule has 0 aliphatic carbocycles. The van der Waals surface area contributed by atoms with Crippen LogP contribution in [0.2, 0.25) is 0 Å². The first-order chi connectivity index (χ1) is 8.85. The fourth-order valence-corrected chi connectivity index (χ4v) is 3.63. The van der Waals surface area contributed by atoms with E-state index in [0.717, 1.165) is 23.1 Å². The molecular formula is C12H16N4S2. The van der Waals surface area contributed by atoms with Crippen LogP contribution in [-0.4, -0.2) is 35.0 Å². The lowest BCUT2D eigenvalue weighted by atomic mass is 10.4. The number of anilines is 1. The summed E-state index contributed by atoms with van der Waals surface area (Å²) in [5, 5.41) is 9.37. The summed E-state index contributed by atoms with van der Waals surface area (Å²) in [4.78, 5) is 11.6. The Morgan fingerprint density at radius 3 is 2.61 bits per heavy atom. The number of nitrogens with one attached hydrogen (secondary N) is 1. The first kappa shape index (κ1) is 12.1. The number of hydrogen-bond donors (Lipinski definition) is 1. The van der Waals surface area contributed by atoms with Crippen LogP contribution in [0.3, 0.4) is 0 Å². The standard InChI is InChI=1S/C12H16N4S2/c1-13-12-15-10(8-18-12)9-7-17-11(14-9)6-16-4-2-3-5-16/h7-8H,2-6H2,1H3,(H,13,15). The summed E-state index contributed by atoms with van der Waals surface area (Å²) in [6, 6.07) is 0. The predicted octanol–water partition coefficient (Wildman–Crippen LogP) is 2.90. The molecule has 1 saturated heterocycles. The molecule has 0 aromatic carbocycles. The maximum Gasteiger partial charge on any atom is 0.183 e. The van der Waals surface area contributed by atoms with Crippen LogP contribution in [0.5, 0.6) is 0 Å². The van der Waals surface area contributed by atoms with Crippen LogP contribution in [0.4, 0.5) is 5.13 Å². The maximum absolute atomic E-state index is 4.68. The van der Waals surface area contributed by atoms with Gasteiger partial charge in [0, 0.05) is 17.8 Å². The maximum atomic E-state index is 4.68. The third kappa shape index (κ3) is 2.55. The van der Waals surface area contributed by atoms with E-state index in [2.05, 4.69) is 30.9 Å². The first-order valence-corrected chi connectivity index (χ1v) is 7.91. The molecule has 0 amide bonds. The van der Waals surface area contributed by atoms with E-state index in [0.29, 0.717) is 0 Å². The van der Waals surface area contributed by atoms with Gasteiger partial charge in [-0.3, -0.25) is 4.90 Å². The molecule has 0 bridgehead atoms. The van der Waals surface area contributed by atoms with Gasteiger partial charge in [-0.15, -0.1) is 22.7 Å². The van der Waals surface area contributed by atoms with Crippen LogP contribution in [-0.2, 0) is 6.54 Å². The van der Waals surface area contributed by atoms with E-state index >= 15 is 0 Å². The molecule has 1 N–H and O–H groups in total. The normalized spacial score (nSPS) is 16.3. The lowest BCUT2D eigenvalue weighted by Crippen LogP contribution is -2.18.